The topological polar surface area (TPSA) is 38.7 Å². The fourth-order valence-electron chi connectivity index (χ4n) is 0.590. The van der Waals surface area contributed by atoms with Crippen LogP contribution in [-0.4, -0.2) is 23.4 Å². The maximum Gasteiger partial charge on any atom is 0.125 e. The molecule has 0 aromatic carbocycles. The molecule has 10 heavy (non-hydrogen) atoms. The zero-order valence-electron chi connectivity index (χ0n) is 5.75. The van der Waals surface area contributed by atoms with E-state index in [-0.39, 0.29) is 12.2 Å². The quantitative estimate of drug-likeness (QED) is 0.851. The minimum Gasteiger partial charge on any atom is -0.391 e. The van der Waals surface area contributed by atoms with Crippen LogP contribution in [-0.2, 0) is 7.66 Å². The van der Waals surface area contributed by atoms with E-state index < -0.39 is 6.10 Å². The minimum absolute atomic E-state index is 0.195. The second-order valence-electron chi connectivity index (χ2n) is 2.09. The average Bonchev–Trinajstić information content (AvgIpc) is 1.88. The summed E-state index contributed by atoms with van der Waals surface area (Å²) in [5.74, 6) is 0. The van der Waals surface area contributed by atoms with Gasteiger partial charge in [0, 0.05) is 0 Å². The molecule has 5 heteroatoms. The number of rotatable bonds is 4. The first kappa shape index (κ1) is 10.8. The smallest absolute Gasteiger partial charge is 0.125 e. The van der Waals surface area contributed by atoms with Crippen LogP contribution >= 0.6 is 32.5 Å². The lowest BCUT2D eigenvalue weighted by Gasteiger charge is -2.20. The van der Waals surface area contributed by atoms with Crippen LogP contribution in [0.3, 0.4) is 0 Å². The van der Waals surface area contributed by atoms with Crippen LogP contribution in [0.2, 0.25) is 0 Å². The number of aliphatic hydroxyl groups excluding tert-OH is 1. The van der Waals surface area contributed by atoms with Crippen LogP contribution in [0.4, 0.5) is 0 Å². The van der Waals surface area contributed by atoms with Crippen molar-refractivity contribution in [1.82, 2.24) is 0 Å². The molecule has 0 aromatic rings. The van der Waals surface area contributed by atoms with Crippen molar-refractivity contribution in [2.75, 3.05) is 0 Å². The first-order chi connectivity index (χ1) is 4.63. The van der Waals surface area contributed by atoms with Gasteiger partial charge in [-0.1, -0.05) is 0 Å². The maximum atomic E-state index is 9.06. The SMILES string of the molecule is C[C@H](OBr)[C@@H](OBr)[C@@H](C)O. The van der Waals surface area contributed by atoms with E-state index >= 15 is 0 Å². The summed E-state index contributed by atoms with van der Waals surface area (Å²) < 4.78 is 9.53. The summed E-state index contributed by atoms with van der Waals surface area (Å²) in [5.41, 5.74) is 0. The molecule has 62 valence electrons. The standard InChI is InChI=1S/C5H10Br2O3/c1-3(8)5(10-7)4(2)9-6/h3-5,8H,1-2H3/t3-,4+,5+/m1/s1. The Hall–Kier alpha value is 0.840. The number of hydrogen-bond donors (Lipinski definition) is 1. The maximum absolute atomic E-state index is 9.06. The van der Waals surface area contributed by atoms with E-state index in [9.17, 15) is 0 Å². The van der Waals surface area contributed by atoms with E-state index in [2.05, 4.69) is 32.5 Å². The van der Waals surface area contributed by atoms with Crippen LogP contribution in [0, 0.1) is 0 Å². The van der Waals surface area contributed by atoms with Crippen LogP contribution in [0.1, 0.15) is 13.8 Å². The normalized spacial score (nSPS) is 20.1. The lowest BCUT2D eigenvalue weighted by molar-refractivity contribution is 0.00839. The monoisotopic (exact) mass is 276 g/mol. The molecule has 0 aromatic heterocycles. The Labute approximate surface area is 77.6 Å². The van der Waals surface area contributed by atoms with Gasteiger partial charge in [0.15, 0.2) is 0 Å². The summed E-state index contributed by atoms with van der Waals surface area (Å²) >= 11 is 5.61. The third-order valence-electron chi connectivity index (χ3n) is 1.18. The molecular formula is C5H10Br2O3. The molecule has 0 heterocycles. The van der Waals surface area contributed by atoms with Gasteiger partial charge in [-0.15, -0.1) is 0 Å². The van der Waals surface area contributed by atoms with Crippen molar-refractivity contribution >= 4 is 32.5 Å². The lowest BCUT2D eigenvalue weighted by atomic mass is 10.1. The van der Waals surface area contributed by atoms with E-state index in [1.807, 2.05) is 0 Å². The number of aliphatic hydroxyl groups is 1. The van der Waals surface area contributed by atoms with E-state index in [0.717, 1.165) is 0 Å². The van der Waals surface area contributed by atoms with Gasteiger partial charge in [0.05, 0.1) is 44.7 Å². The molecule has 0 saturated heterocycles. The predicted molar refractivity (Wildman–Crippen MR) is 45.0 cm³/mol. The zero-order valence-corrected chi connectivity index (χ0v) is 8.92. The predicted octanol–water partition coefficient (Wildman–Crippen LogP) is 1.78. The van der Waals surface area contributed by atoms with Gasteiger partial charge in [0.1, 0.15) is 6.10 Å². The average molecular weight is 278 g/mol. The van der Waals surface area contributed by atoms with Crippen molar-refractivity contribution in [2.24, 2.45) is 0 Å². The molecule has 0 spiro atoms. The highest BCUT2D eigenvalue weighted by Crippen LogP contribution is 2.13. The van der Waals surface area contributed by atoms with Crippen molar-refractivity contribution < 1.29 is 12.8 Å². The minimum atomic E-state index is -0.563. The number of halogens is 2. The molecule has 0 fully saturated rings. The molecule has 0 bridgehead atoms. The summed E-state index contributed by atoms with van der Waals surface area (Å²) in [4.78, 5) is 0. The molecular weight excluding hydrogens is 268 g/mol. The summed E-state index contributed by atoms with van der Waals surface area (Å²) in [6, 6.07) is 0. The molecule has 0 unspecified atom stereocenters. The molecule has 0 radical (unpaired) electrons. The Morgan fingerprint density at radius 1 is 1.20 bits per heavy atom. The molecule has 3 nitrogen and oxygen atoms in total. The van der Waals surface area contributed by atoms with Crippen molar-refractivity contribution in [3.05, 3.63) is 0 Å². The third kappa shape index (κ3) is 3.30. The van der Waals surface area contributed by atoms with Gasteiger partial charge in [0.25, 0.3) is 0 Å². The highest BCUT2D eigenvalue weighted by Gasteiger charge is 2.22. The van der Waals surface area contributed by atoms with Gasteiger partial charge < -0.3 is 8.93 Å². The lowest BCUT2D eigenvalue weighted by Crippen LogP contribution is -2.34. The molecule has 0 amide bonds. The Kier molecular flexibility index (Phi) is 5.95. The summed E-state index contributed by atoms with van der Waals surface area (Å²) in [5, 5.41) is 9.06. The highest BCUT2D eigenvalue weighted by molar-refractivity contribution is 9.06. The van der Waals surface area contributed by atoms with Gasteiger partial charge >= 0.3 is 0 Å². The van der Waals surface area contributed by atoms with Crippen LogP contribution in [0.25, 0.3) is 0 Å². The van der Waals surface area contributed by atoms with Crippen molar-refractivity contribution in [2.45, 2.75) is 32.2 Å². The molecule has 0 aliphatic heterocycles. The van der Waals surface area contributed by atoms with Crippen LogP contribution < -0.4 is 0 Å². The van der Waals surface area contributed by atoms with Crippen molar-refractivity contribution in [3.63, 3.8) is 0 Å². The Morgan fingerprint density at radius 2 is 1.70 bits per heavy atom. The van der Waals surface area contributed by atoms with E-state index in [1.54, 1.807) is 13.8 Å². The third-order valence-corrected chi connectivity index (χ3v) is 2.20. The molecule has 1 N–H and O–H groups in total. The summed E-state index contributed by atoms with van der Waals surface area (Å²) in [7, 11) is 0. The van der Waals surface area contributed by atoms with Crippen molar-refractivity contribution in [1.29, 1.82) is 0 Å². The zero-order chi connectivity index (χ0) is 8.15. The van der Waals surface area contributed by atoms with Gasteiger partial charge in [-0.25, -0.2) is 0 Å². The summed E-state index contributed by atoms with van der Waals surface area (Å²) in [6.07, 6.45) is -1.12. The van der Waals surface area contributed by atoms with Crippen LogP contribution in [0.5, 0.6) is 0 Å². The fraction of sp³-hybridized carbons (Fsp3) is 1.00. The molecule has 0 aliphatic carbocycles. The van der Waals surface area contributed by atoms with Crippen molar-refractivity contribution in [3.8, 4) is 0 Å². The van der Waals surface area contributed by atoms with Gasteiger partial charge in [0.2, 0.25) is 0 Å². The van der Waals surface area contributed by atoms with E-state index in [4.69, 9.17) is 12.8 Å². The molecule has 0 rings (SSSR count). The molecule has 3 atom stereocenters. The highest BCUT2D eigenvalue weighted by atomic mass is 79.9. The second kappa shape index (κ2) is 5.49. The summed E-state index contributed by atoms with van der Waals surface area (Å²) in [6.45, 7) is 3.42. The van der Waals surface area contributed by atoms with E-state index in [1.165, 1.54) is 0 Å². The second-order valence-corrected chi connectivity index (χ2v) is 2.84. The fourth-order valence-corrected chi connectivity index (χ4v) is 1.42. The van der Waals surface area contributed by atoms with Crippen LogP contribution in [0.15, 0.2) is 0 Å². The van der Waals surface area contributed by atoms with Gasteiger partial charge in [-0.3, -0.25) is 3.83 Å². The Bertz CT molecular complexity index is 89.0. The Morgan fingerprint density at radius 3 is 1.80 bits per heavy atom. The van der Waals surface area contributed by atoms with E-state index in [0.29, 0.717) is 0 Å². The Balaban J connectivity index is 3.80. The largest absolute Gasteiger partial charge is 0.391 e. The molecule has 0 saturated carbocycles. The number of hydrogen-bond acceptors (Lipinski definition) is 3. The van der Waals surface area contributed by atoms with Gasteiger partial charge in [-0.2, -0.15) is 0 Å². The first-order valence-corrected chi connectivity index (χ1v) is 4.15. The molecule has 0 aliphatic rings. The van der Waals surface area contributed by atoms with Gasteiger partial charge in [-0.05, 0) is 13.8 Å². The first-order valence-electron chi connectivity index (χ1n) is 2.86.